The van der Waals surface area contributed by atoms with Crippen LogP contribution in [0.5, 0.6) is 0 Å². The third-order valence-corrected chi connectivity index (χ3v) is 4.75. The topological polar surface area (TPSA) is 37.5 Å². The highest BCUT2D eigenvalue weighted by molar-refractivity contribution is 6.83. The monoisotopic (exact) mass is 298 g/mol. The fraction of sp³-hybridized carbons (Fsp3) is 0.471. The third kappa shape index (κ3) is 2.90. The molecule has 0 fully saturated rings. The Kier molecular flexibility index (Phi) is 3.23. The highest BCUT2D eigenvalue weighted by atomic mass is 28.3. The molecule has 0 radical (unpaired) electrons. The van der Waals surface area contributed by atoms with E-state index in [9.17, 15) is 5.11 Å². The highest BCUT2D eigenvalue weighted by Gasteiger charge is 2.33. The van der Waals surface area contributed by atoms with E-state index in [2.05, 4.69) is 55.3 Å². The van der Waals surface area contributed by atoms with Crippen molar-refractivity contribution in [2.75, 3.05) is 0 Å². The normalized spacial score (nSPS) is 21.8. The third-order valence-electron chi connectivity index (χ3n) is 3.88. The molecule has 1 unspecified atom stereocenters. The summed E-state index contributed by atoms with van der Waals surface area (Å²) in [4.78, 5) is 0. The van der Waals surface area contributed by atoms with Crippen molar-refractivity contribution in [1.82, 2.24) is 9.61 Å². The Morgan fingerprint density at radius 1 is 1.33 bits per heavy atom. The van der Waals surface area contributed by atoms with Crippen LogP contribution in [0.2, 0.25) is 19.6 Å². The quantitative estimate of drug-likeness (QED) is 0.600. The Bertz CT molecular complexity index is 761. The van der Waals surface area contributed by atoms with Crippen LogP contribution in [-0.2, 0) is 12.8 Å². The standard InChI is InChI=1S/C17H22N2OSi/c1-13-5-6-16-14-11-17(20,9-10-21(2,3)4)8-7-15(14)18-19(16)12-13/h5-6,12,20H,7-8,11H2,1-4H3. The van der Waals surface area contributed by atoms with Crippen LogP contribution in [0.4, 0.5) is 0 Å². The zero-order valence-corrected chi connectivity index (χ0v) is 14.2. The lowest BCUT2D eigenvalue weighted by molar-refractivity contribution is 0.0864. The van der Waals surface area contributed by atoms with Crippen molar-refractivity contribution in [1.29, 1.82) is 0 Å². The summed E-state index contributed by atoms with van der Waals surface area (Å²) in [6.45, 7) is 8.68. The number of pyridine rings is 1. The molecule has 0 saturated carbocycles. The first-order valence-electron chi connectivity index (χ1n) is 7.49. The van der Waals surface area contributed by atoms with Crippen molar-refractivity contribution in [2.24, 2.45) is 0 Å². The maximum Gasteiger partial charge on any atom is 0.129 e. The molecule has 110 valence electrons. The minimum Gasteiger partial charge on any atom is -0.377 e. The van der Waals surface area contributed by atoms with Gasteiger partial charge in [-0.3, -0.25) is 0 Å². The van der Waals surface area contributed by atoms with Crippen molar-refractivity contribution in [2.45, 2.75) is 51.4 Å². The van der Waals surface area contributed by atoms with Gasteiger partial charge in [-0.1, -0.05) is 31.6 Å². The van der Waals surface area contributed by atoms with Crippen LogP contribution in [-0.4, -0.2) is 28.4 Å². The van der Waals surface area contributed by atoms with Gasteiger partial charge in [0, 0.05) is 18.2 Å². The van der Waals surface area contributed by atoms with Gasteiger partial charge < -0.3 is 5.11 Å². The van der Waals surface area contributed by atoms with E-state index >= 15 is 0 Å². The number of fused-ring (bicyclic) bond motifs is 3. The molecule has 4 heteroatoms. The van der Waals surface area contributed by atoms with Gasteiger partial charge in [0.05, 0.1) is 11.2 Å². The van der Waals surface area contributed by atoms with E-state index in [0.717, 1.165) is 23.2 Å². The Balaban J connectivity index is 2.01. The molecular formula is C17H22N2OSi. The Labute approximate surface area is 127 Å². The predicted octanol–water partition coefficient (Wildman–Crippen LogP) is 2.74. The SMILES string of the molecule is Cc1ccc2c3c(nn2c1)CCC(O)(C#C[Si](C)(C)C)C3. The summed E-state index contributed by atoms with van der Waals surface area (Å²) in [5.41, 5.74) is 7.00. The summed E-state index contributed by atoms with van der Waals surface area (Å²) in [6.07, 6.45) is 4.11. The van der Waals surface area contributed by atoms with E-state index < -0.39 is 13.7 Å². The lowest BCUT2D eigenvalue weighted by Crippen LogP contribution is -2.35. The number of nitrogens with zero attached hydrogens (tertiary/aromatic N) is 2. The summed E-state index contributed by atoms with van der Waals surface area (Å²) in [5, 5.41) is 15.5. The van der Waals surface area contributed by atoms with E-state index in [1.165, 1.54) is 5.56 Å². The first kappa shape index (κ1) is 14.4. The van der Waals surface area contributed by atoms with Crippen molar-refractivity contribution in [3.8, 4) is 11.5 Å². The average molecular weight is 298 g/mol. The van der Waals surface area contributed by atoms with Crippen LogP contribution < -0.4 is 0 Å². The largest absolute Gasteiger partial charge is 0.377 e. The smallest absolute Gasteiger partial charge is 0.129 e. The summed E-state index contributed by atoms with van der Waals surface area (Å²) in [5.74, 6) is 3.17. The molecule has 0 amide bonds. The fourth-order valence-corrected chi connectivity index (χ4v) is 3.37. The highest BCUT2D eigenvalue weighted by Crippen LogP contribution is 2.31. The number of hydrogen-bond acceptors (Lipinski definition) is 2. The number of aromatic nitrogens is 2. The molecule has 0 aliphatic heterocycles. The zero-order chi connectivity index (χ0) is 15.3. The van der Waals surface area contributed by atoms with Crippen LogP contribution >= 0.6 is 0 Å². The number of rotatable bonds is 0. The fourth-order valence-electron chi connectivity index (χ4n) is 2.76. The Morgan fingerprint density at radius 2 is 2.10 bits per heavy atom. The minimum atomic E-state index is -1.47. The van der Waals surface area contributed by atoms with Crippen LogP contribution in [0.15, 0.2) is 18.3 Å². The molecule has 1 aliphatic rings. The molecule has 21 heavy (non-hydrogen) atoms. The molecule has 2 aromatic heterocycles. The van der Waals surface area contributed by atoms with Crippen molar-refractivity contribution in [3.05, 3.63) is 35.2 Å². The Morgan fingerprint density at radius 3 is 2.81 bits per heavy atom. The molecule has 2 aromatic rings. The van der Waals surface area contributed by atoms with Gasteiger partial charge in [-0.15, -0.1) is 5.54 Å². The second kappa shape index (κ2) is 4.72. The van der Waals surface area contributed by atoms with Crippen molar-refractivity contribution in [3.63, 3.8) is 0 Å². The summed E-state index contributed by atoms with van der Waals surface area (Å²) < 4.78 is 1.94. The summed E-state index contributed by atoms with van der Waals surface area (Å²) >= 11 is 0. The summed E-state index contributed by atoms with van der Waals surface area (Å²) in [6, 6.07) is 4.19. The minimum absolute atomic E-state index is 0.590. The van der Waals surface area contributed by atoms with Crippen LogP contribution in [0.3, 0.4) is 0 Å². The molecule has 0 aromatic carbocycles. The predicted molar refractivity (Wildman–Crippen MR) is 88.0 cm³/mol. The number of aryl methyl sites for hydroxylation is 2. The lowest BCUT2D eigenvalue weighted by Gasteiger charge is -2.27. The van der Waals surface area contributed by atoms with Crippen LogP contribution in [0.25, 0.3) is 5.52 Å². The molecule has 1 atom stereocenters. The molecule has 2 heterocycles. The second-order valence-electron chi connectivity index (χ2n) is 7.17. The van der Waals surface area contributed by atoms with Crippen LogP contribution in [0, 0.1) is 18.4 Å². The molecule has 3 rings (SSSR count). The van der Waals surface area contributed by atoms with Gasteiger partial charge in [-0.25, -0.2) is 4.52 Å². The van der Waals surface area contributed by atoms with Gasteiger partial charge in [0.25, 0.3) is 0 Å². The van der Waals surface area contributed by atoms with E-state index in [1.54, 1.807) is 0 Å². The number of hydrogen-bond donors (Lipinski definition) is 1. The average Bonchev–Trinajstić information content (AvgIpc) is 2.72. The van der Waals surface area contributed by atoms with E-state index in [4.69, 9.17) is 0 Å². The van der Waals surface area contributed by atoms with Crippen LogP contribution in [0.1, 0.15) is 23.2 Å². The molecule has 3 nitrogen and oxygen atoms in total. The molecule has 0 spiro atoms. The van der Waals surface area contributed by atoms with Gasteiger partial charge in [-0.2, -0.15) is 5.10 Å². The van der Waals surface area contributed by atoms with E-state index in [1.807, 2.05) is 10.7 Å². The molecule has 1 N–H and O–H groups in total. The maximum absolute atomic E-state index is 10.8. The maximum atomic E-state index is 10.8. The van der Waals surface area contributed by atoms with Crippen molar-refractivity contribution >= 4 is 13.6 Å². The second-order valence-corrected chi connectivity index (χ2v) is 11.9. The van der Waals surface area contributed by atoms with Gasteiger partial charge in [0.15, 0.2) is 0 Å². The molecule has 0 bridgehead atoms. The van der Waals surface area contributed by atoms with Gasteiger partial charge >= 0.3 is 0 Å². The molecule has 1 aliphatic carbocycles. The van der Waals surface area contributed by atoms with E-state index in [-0.39, 0.29) is 0 Å². The van der Waals surface area contributed by atoms with Gasteiger partial charge in [0.2, 0.25) is 0 Å². The first-order chi connectivity index (χ1) is 9.76. The van der Waals surface area contributed by atoms with E-state index in [0.29, 0.717) is 12.8 Å². The zero-order valence-electron chi connectivity index (χ0n) is 13.2. The first-order valence-corrected chi connectivity index (χ1v) is 11.0. The number of aliphatic hydroxyl groups is 1. The molecular weight excluding hydrogens is 276 g/mol. The van der Waals surface area contributed by atoms with Gasteiger partial charge in [0.1, 0.15) is 13.7 Å². The van der Waals surface area contributed by atoms with Gasteiger partial charge in [-0.05, 0) is 31.4 Å². The Hall–Kier alpha value is -1.57. The van der Waals surface area contributed by atoms with Crippen molar-refractivity contribution < 1.29 is 5.11 Å². The molecule has 0 saturated heterocycles. The summed E-state index contributed by atoms with van der Waals surface area (Å²) in [7, 11) is -1.47. The lowest BCUT2D eigenvalue weighted by atomic mass is 9.83.